The number of anilines is 12. The molecule has 118 heavy (non-hydrogen) atoms. The topological polar surface area (TPSA) is 67.0 Å². The van der Waals surface area contributed by atoms with Gasteiger partial charge in [-0.15, -0.1) is 92.3 Å². The summed E-state index contributed by atoms with van der Waals surface area (Å²) in [5.41, 5.74) is 20.1. The van der Waals surface area contributed by atoms with Gasteiger partial charge in [0.25, 0.3) is 0 Å². The van der Waals surface area contributed by atoms with Gasteiger partial charge < -0.3 is 49.2 Å². The summed E-state index contributed by atoms with van der Waals surface area (Å²) >= 11 is 0. The fourth-order valence-corrected chi connectivity index (χ4v) is 15.5. The minimum Gasteiger partial charge on any atom is -0.657 e. The first-order valence-corrected chi connectivity index (χ1v) is 38.7. The van der Waals surface area contributed by atoms with Crippen LogP contribution in [0, 0.1) is 38.8 Å². The van der Waals surface area contributed by atoms with Crippen LogP contribution in [0.25, 0.3) is 65.9 Å². The van der Waals surface area contributed by atoms with E-state index in [4.69, 9.17) is 16.4 Å². The molecule has 3 aromatic heterocycles. The Hall–Kier alpha value is -10.5. The fraction of sp³-hybridized carbons (Fsp3) is 0.242. The van der Waals surface area contributed by atoms with Gasteiger partial charge in [0, 0.05) is 74.3 Å². The van der Waals surface area contributed by atoms with Gasteiger partial charge in [0.2, 0.25) is 0 Å². The predicted molar refractivity (Wildman–Crippen MR) is 468 cm³/mol. The molecule has 4 aliphatic rings. The summed E-state index contributed by atoms with van der Waals surface area (Å²) in [7, 11) is 0. The smallest absolute Gasteiger partial charge is 0.657 e. The molecule has 0 unspecified atom stereocenters. The maximum Gasteiger partial charge on any atom is 4.00 e. The van der Waals surface area contributed by atoms with Crippen molar-refractivity contribution in [1.82, 2.24) is 15.0 Å². The summed E-state index contributed by atoms with van der Waals surface area (Å²) in [6.07, 6.45) is -5.51. The number of nitrogens with zero attached hydrogens (tertiary/aromatic N) is 11. The van der Waals surface area contributed by atoms with Crippen LogP contribution in [0.2, 0.25) is 0 Å². The molecule has 0 atom stereocenters. The van der Waals surface area contributed by atoms with E-state index in [9.17, 15) is 26.3 Å². The SMILES string of the molecule is FC(F)(F)c1ccc2[n-]c3ccc(C(F)(F)F)cc3c2c1.[2H]C([2H])([2H])N1[CH-]N(c2[c-]c(N3[CH-]N(C([2H])([2H])[2H])c4ccccc43)cc(-c3c(C(C)C)cc(C(C)C)cc3C(C)C)c2)c2ccccc21.[2H]C([2H])([2H])N1[CH-]N(c2[c-]c(N3[CH-]N(C([2H])([2H])[2H])c4ccccc43)cc(-c3c(C(C)C)cc(C(C)C)cc3C(C)C)c2)c2ccccc21.[Pt+4].[Pt+4].c1ccc2c(c1)[n-]c1cnccc12. The van der Waals surface area contributed by atoms with Crippen LogP contribution < -0.4 is 49.2 Å². The second-order valence-electron chi connectivity index (χ2n) is 31.3. The van der Waals surface area contributed by atoms with Crippen LogP contribution in [0.15, 0.2) is 225 Å². The number of hydrogen-bond acceptors (Lipinski definition) is 9. The van der Waals surface area contributed by atoms with Crippen molar-refractivity contribution in [2.45, 2.75) is 131 Å². The van der Waals surface area contributed by atoms with E-state index in [-0.39, 0.29) is 87.6 Å². The summed E-state index contributed by atoms with van der Waals surface area (Å²) < 4.78 is 175. The number of halogens is 6. The molecule has 19 heteroatoms. The van der Waals surface area contributed by atoms with Crippen molar-refractivity contribution in [2.24, 2.45) is 0 Å². The largest absolute Gasteiger partial charge is 4.00 e. The van der Waals surface area contributed by atoms with Crippen molar-refractivity contribution in [1.29, 1.82) is 0 Å². The molecule has 11 aromatic carbocycles. The molecule has 7 heterocycles. The molecule has 0 N–H and O–H groups in total. The second kappa shape index (κ2) is 34.5. The van der Waals surface area contributed by atoms with Crippen LogP contribution in [-0.2, 0) is 54.5 Å². The van der Waals surface area contributed by atoms with Crippen LogP contribution in [0.1, 0.15) is 180 Å². The molecular formula is C99H95F6N11Pt2. The van der Waals surface area contributed by atoms with Gasteiger partial charge in [0.1, 0.15) is 0 Å². The number of aromatic nitrogens is 3. The van der Waals surface area contributed by atoms with Crippen molar-refractivity contribution in [3.05, 3.63) is 308 Å². The zero-order valence-electron chi connectivity index (χ0n) is 79.0. The Balaban J connectivity index is 0.000000161. The van der Waals surface area contributed by atoms with E-state index >= 15 is 0 Å². The number of fused-ring (bicyclic) bond motifs is 10. The number of hydrogen-bond donors (Lipinski definition) is 0. The minimum absolute atomic E-state index is 0. The predicted octanol–water partition coefficient (Wildman–Crippen LogP) is 27.2. The van der Waals surface area contributed by atoms with Crippen molar-refractivity contribution < 1.29 is 84.9 Å². The van der Waals surface area contributed by atoms with Crippen molar-refractivity contribution in [3.8, 4) is 22.3 Å². The number of benzene rings is 11. The van der Waals surface area contributed by atoms with Crippen molar-refractivity contribution in [3.63, 3.8) is 0 Å². The molecule has 0 fully saturated rings. The molecule has 0 aliphatic carbocycles. The Kier molecular flexibility index (Phi) is 20.6. The molecule has 4 aliphatic heterocycles. The molecular weight excluding hydrogens is 1850 g/mol. The third kappa shape index (κ3) is 16.9. The summed E-state index contributed by atoms with van der Waals surface area (Å²) in [5, 5.41) is 2.52. The molecule has 11 nitrogen and oxygen atoms in total. The average Bonchev–Trinajstić information content (AvgIpc) is 1.63. The Morgan fingerprint density at radius 1 is 0.331 bits per heavy atom. The first kappa shape index (κ1) is 70.5. The van der Waals surface area contributed by atoms with Crippen LogP contribution >= 0.6 is 0 Å². The van der Waals surface area contributed by atoms with Crippen LogP contribution in [0.4, 0.5) is 94.6 Å². The Bertz CT molecular complexity index is 5860. The number of pyridine rings is 1. The first-order valence-electron chi connectivity index (χ1n) is 44.7. The Morgan fingerprint density at radius 2 is 0.619 bits per heavy atom. The molecule has 0 amide bonds. The van der Waals surface area contributed by atoms with Gasteiger partial charge in [0.05, 0.1) is 11.1 Å². The summed E-state index contributed by atoms with van der Waals surface area (Å²) in [4.78, 5) is 25.2. The average molecular weight is 1960 g/mol. The van der Waals surface area contributed by atoms with Gasteiger partial charge in [-0.25, -0.2) is 0 Å². The number of alkyl halides is 6. The van der Waals surface area contributed by atoms with E-state index < -0.39 is 51.4 Å². The van der Waals surface area contributed by atoms with Crippen LogP contribution in [0.5, 0.6) is 0 Å². The van der Waals surface area contributed by atoms with Gasteiger partial charge in [0.15, 0.2) is 0 Å². The monoisotopic (exact) mass is 1950 g/mol. The maximum atomic E-state index is 12.7. The van der Waals surface area contributed by atoms with E-state index in [0.29, 0.717) is 57.3 Å². The van der Waals surface area contributed by atoms with E-state index in [1.54, 1.807) is 63.3 Å². The van der Waals surface area contributed by atoms with Gasteiger partial charge in [-0.2, -0.15) is 53.0 Å². The second-order valence-corrected chi connectivity index (χ2v) is 31.3. The Labute approximate surface area is 735 Å². The molecule has 18 rings (SSSR count). The first-order chi connectivity index (χ1) is 60.2. The van der Waals surface area contributed by atoms with Gasteiger partial charge in [-0.3, -0.25) is 4.98 Å². The molecule has 0 saturated heterocycles. The maximum absolute atomic E-state index is 12.7. The van der Waals surface area contributed by atoms with E-state index in [1.165, 1.54) is 63.8 Å². The van der Waals surface area contributed by atoms with Gasteiger partial charge >= 0.3 is 54.5 Å². The third-order valence-electron chi connectivity index (χ3n) is 21.5. The molecule has 0 radical (unpaired) electrons. The quantitative estimate of drug-likeness (QED) is 0.0868. The Morgan fingerprint density at radius 3 is 0.924 bits per heavy atom. The zero-order chi connectivity index (χ0) is 92.1. The molecule has 0 bridgehead atoms. The standard InChI is InChI=1S/2C37H41N4.C14H6F6N.C11H7N2.2Pt/c2*1-24(2)27-19-31(25(3)4)37(32(20-27)26(5)6)28-17-29(40-22-38(7)33-13-9-11-15-35(33)40)21-30(18-28)41-23-39(8)34-14-10-12-16-36(34)41;15-13(16,17)7-1-3-11-9(5-7)10-6-8(14(18,19)20)2-4-12(10)21-11;1-2-4-10-8(3-1)9-5-6-12-7-11(9)13-10;;/h2*9-20,22-26H,1-8H3;1-6H;1-7H;;/q2*-3;2*-1;2*+4/i2*7D3,8D3;;;;. The van der Waals surface area contributed by atoms with Gasteiger partial charge in [-0.1, -0.05) is 204 Å². The number of para-hydroxylation sites is 9. The molecule has 0 spiro atoms. The summed E-state index contributed by atoms with van der Waals surface area (Å²) in [6, 6.07) is 70.3. The molecule has 608 valence electrons. The molecule has 0 saturated carbocycles. The van der Waals surface area contributed by atoms with E-state index in [1.807, 2.05) is 117 Å². The van der Waals surface area contributed by atoms with E-state index in [2.05, 4.69) is 165 Å². The summed E-state index contributed by atoms with van der Waals surface area (Å²) in [5.74, 6) is 1.63. The summed E-state index contributed by atoms with van der Waals surface area (Å²) in [6.45, 7) is 23.4. The van der Waals surface area contributed by atoms with Crippen LogP contribution in [0.3, 0.4) is 0 Å². The zero-order valence-corrected chi connectivity index (χ0v) is 71.5. The normalized spacial score (nSPS) is 15.7. The third-order valence-corrected chi connectivity index (χ3v) is 21.5. The van der Waals surface area contributed by atoms with Crippen molar-refractivity contribution in [2.75, 3.05) is 67.1 Å². The fourth-order valence-electron chi connectivity index (χ4n) is 15.5. The van der Waals surface area contributed by atoms with Crippen LogP contribution in [-0.4, -0.2) is 32.9 Å². The number of rotatable bonds is 12. The minimum atomic E-state index is -4.56. The van der Waals surface area contributed by atoms with Crippen molar-refractivity contribution >= 4 is 112 Å². The van der Waals surface area contributed by atoms with E-state index in [0.717, 1.165) is 92.4 Å². The van der Waals surface area contributed by atoms with Gasteiger partial charge in [-0.05, 0) is 196 Å². The molecule has 14 aromatic rings.